The molecular weight excluding hydrogens is 208 g/mol. The van der Waals surface area contributed by atoms with E-state index in [1.165, 1.54) is 11.8 Å². The van der Waals surface area contributed by atoms with Gasteiger partial charge in [0.1, 0.15) is 5.75 Å². The molecule has 1 aromatic heterocycles. The summed E-state index contributed by atoms with van der Waals surface area (Å²) in [7, 11) is 3.11. The van der Waals surface area contributed by atoms with E-state index >= 15 is 0 Å². The maximum absolute atomic E-state index is 5.70. The lowest BCUT2D eigenvalue weighted by Crippen LogP contribution is -2.02. The van der Waals surface area contributed by atoms with Gasteiger partial charge in [0.05, 0.1) is 19.9 Å². The number of anilines is 1. The summed E-state index contributed by atoms with van der Waals surface area (Å²) in [6, 6.07) is 7.56. The van der Waals surface area contributed by atoms with Crippen LogP contribution in [-0.4, -0.2) is 29.0 Å². The molecule has 0 aliphatic rings. The van der Waals surface area contributed by atoms with Gasteiger partial charge in [-0.15, -0.1) is 5.10 Å². The average Bonchev–Trinajstić information content (AvgIpc) is 2.71. The lowest BCUT2D eigenvalue weighted by molar-refractivity contribution is 0.380. The van der Waals surface area contributed by atoms with Crippen molar-refractivity contribution in [3.63, 3.8) is 0 Å². The number of hydrogen-bond donors (Lipinski definition) is 1. The molecule has 0 saturated heterocycles. The van der Waals surface area contributed by atoms with Crippen molar-refractivity contribution in [1.29, 1.82) is 0 Å². The third kappa shape index (κ3) is 1.77. The molecule has 2 N–H and O–H groups in total. The van der Waals surface area contributed by atoms with Crippen LogP contribution in [0.5, 0.6) is 11.8 Å². The molecule has 1 aromatic carbocycles. The molecule has 0 spiro atoms. The monoisotopic (exact) mass is 220 g/mol. The molecule has 0 atom stereocenters. The van der Waals surface area contributed by atoms with Gasteiger partial charge in [0.2, 0.25) is 5.95 Å². The quantitative estimate of drug-likeness (QED) is 0.830. The Morgan fingerprint density at radius 2 is 1.81 bits per heavy atom. The minimum atomic E-state index is 0.244. The molecule has 6 nitrogen and oxygen atoms in total. The van der Waals surface area contributed by atoms with Gasteiger partial charge < -0.3 is 15.2 Å². The molecule has 0 amide bonds. The summed E-state index contributed by atoms with van der Waals surface area (Å²) in [5.74, 6) is 1.05. The highest BCUT2D eigenvalue weighted by molar-refractivity contribution is 5.41. The largest absolute Gasteiger partial charge is 0.497 e. The van der Waals surface area contributed by atoms with E-state index in [0.29, 0.717) is 0 Å². The molecule has 0 aliphatic heterocycles. The second-order valence-corrected chi connectivity index (χ2v) is 3.07. The van der Waals surface area contributed by atoms with Gasteiger partial charge in [-0.1, -0.05) is 0 Å². The highest BCUT2D eigenvalue weighted by atomic mass is 16.5. The summed E-state index contributed by atoms with van der Waals surface area (Å²) in [6.07, 6.45) is 0. The van der Waals surface area contributed by atoms with E-state index in [0.717, 1.165) is 11.4 Å². The Balaban J connectivity index is 2.38. The Labute approximate surface area is 92.6 Å². The Morgan fingerprint density at radius 1 is 1.12 bits per heavy atom. The molecule has 0 fully saturated rings. The molecule has 0 bridgehead atoms. The maximum Gasteiger partial charge on any atom is 0.337 e. The zero-order chi connectivity index (χ0) is 11.5. The summed E-state index contributed by atoms with van der Waals surface area (Å²) < 4.78 is 11.5. The van der Waals surface area contributed by atoms with Gasteiger partial charge in [-0.05, 0) is 24.3 Å². The highest BCUT2D eigenvalue weighted by Gasteiger charge is 2.08. The Bertz CT molecular complexity index is 478. The van der Waals surface area contributed by atoms with Crippen molar-refractivity contribution in [3.05, 3.63) is 24.3 Å². The van der Waals surface area contributed by atoms with Gasteiger partial charge >= 0.3 is 6.01 Å². The maximum atomic E-state index is 5.70. The average molecular weight is 220 g/mol. The van der Waals surface area contributed by atoms with E-state index in [2.05, 4.69) is 10.1 Å². The first-order valence-corrected chi connectivity index (χ1v) is 4.65. The van der Waals surface area contributed by atoms with Crippen LogP contribution in [0.1, 0.15) is 0 Å². The minimum absolute atomic E-state index is 0.244. The van der Waals surface area contributed by atoms with Gasteiger partial charge in [0.25, 0.3) is 0 Å². The van der Waals surface area contributed by atoms with Gasteiger partial charge in [-0.2, -0.15) is 9.67 Å². The van der Waals surface area contributed by atoms with E-state index in [1.54, 1.807) is 7.11 Å². The summed E-state index contributed by atoms with van der Waals surface area (Å²) in [5.41, 5.74) is 6.50. The van der Waals surface area contributed by atoms with Gasteiger partial charge in [0, 0.05) is 0 Å². The summed E-state index contributed by atoms with van der Waals surface area (Å²) >= 11 is 0. The zero-order valence-corrected chi connectivity index (χ0v) is 9.04. The highest BCUT2D eigenvalue weighted by Crippen LogP contribution is 2.17. The van der Waals surface area contributed by atoms with Crippen molar-refractivity contribution in [1.82, 2.24) is 14.8 Å². The summed E-state index contributed by atoms with van der Waals surface area (Å²) in [5, 5.41) is 4.07. The molecular formula is C10H12N4O2. The third-order valence-corrected chi connectivity index (χ3v) is 2.11. The van der Waals surface area contributed by atoms with Crippen molar-refractivity contribution in [3.8, 4) is 17.4 Å². The van der Waals surface area contributed by atoms with Crippen molar-refractivity contribution in [2.45, 2.75) is 0 Å². The Kier molecular flexibility index (Phi) is 2.63. The van der Waals surface area contributed by atoms with Crippen molar-refractivity contribution < 1.29 is 9.47 Å². The van der Waals surface area contributed by atoms with Crippen LogP contribution in [0, 0.1) is 0 Å². The SMILES string of the molecule is COc1ccc(-n2nc(OC)nc2N)cc1. The number of ether oxygens (including phenoxy) is 2. The molecule has 2 aromatic rings. The van der Waals surface area contributed by atoms with E-state index in [-0.39, 0.29) is 12.0 Å². The molecule has 16 heavy (non-hydrogen) atoms. The smallest absolute Gasteiger partial charge is 0.337 e. The zero-order valence-electron chi connectivity index (χ0n) is 9.04. The van der Waals surface area contributed by atoms with E-state index in [9.17, 15) is 0 Å². The van der Waals surface area contributed by atoms with E-state index in [1.807, 2.05) is 24.3 Å². The minimum Gasteiger partial charge on any atom is -0.497 e. The molecule has 0 aliphatic carbocycles. The van der Waals surface area contributed by atoms with E-state index in [4.69, 9.17) is 15.2 Å². The van der Waals surface area contributed by atoms with Crippen molar-refractivity contribution in [2.24, 2.45) is 0 Å². The van der Waals surface area contributed by atoms with Crippen LogP contribution in [0.15, 0.2) is 24.3 Å². The third-order valence-electron chi connectivity index (χ3n) is 2.11. The molecule has 1 heterocycles. The standard InChI is InChI=1S/C10H12N4O2/c1-15-8-5-3-7(4-6-8)14-9(11)12-10(13-14)16-2/h3-6H,1-2H3,(H2,11,12,13). The number of nitrogen functional groups attached to an aromatic ring is 1. The number of aromatic nitrogens is 3. The molecule has 84 valence electrons. The Hall–Kier alpha value is -2.24. The molecule has 0 unspecified atom stereocenters. The van der Waals surface area contributed by atoms with E-state index < -0.39 is 0 Å². The predicted molar refractivity (Wildman–Crippen MR) is 58.9 cm³/mol. The van der Waals surface area contributed by atoms with Crippen LogP contribution in [0.25, 0.3) is 5.69 Å². The summed E-state index contributed by atoms with van der Waals surface area (Å²) in [6.45, 7) is 0. The van der Waals surface area contributed by atoms with Gasteiger partial charge in [-0.3, -0.25) is 0 Å². The molecule has 0 saturated carbocycles. The second-order valence-electron chi connectivity index (χ2n) is 3.07. The predicted octanol–water partition coefficient (Wildman–Crippen LogP) is 0.867. The number of methoxy groups -OCH3 is 2. The van der Waals surface area contributed by atoms with Crippen LogP contribution < -0.4 is 15.2 Å². The number of rotatable bonds is 3. The first kappa shape index (κ1) is 10.3. The van der Waals surface area contributed by atoms with Crippen LogP contribution in [-0.2, 0) is 0 Å². The molecule has 0 radical (unpaired) electrons. The van der Waals surface area contributed by atoms with Crippen LogP contribution in [0.3, 0.4) is 0 Å². The number of benzene rings is 1. The van der Waals surface area contributed by atoms with Crippen molar-refractivity contribution >= 4 is 5.95 Å². The fraction of sp³-hybridized carbons (Fsp3) is 0.200. The normalized spacial score (nSPS) is 10.1. The number of hydrogen-bond acceptors (Lipinski definition) is 5. The lowest BCUT2D eigenvalue weighted by atomic mass is 10.3. The second kappa shape index (κ2) is 4.09. The molecule has 2 rings (SSSR count). The first-order chi connectivity index (χ1) is 7.74. The lowest BCUT2D eigenvalue weighted by Gasteiger charge is -2.03. The van der Waals surface area contributed by atoms with Crippen molar-refractivity contribution in [2.75, 3.05) is 20.0 Å². The topological polar surface area (TPSA) is 75.2 Å². The summed E-state index contributed by atoms with van der Waals surface area (Å²) in [4.78, 5) is 3.92. The number of nitrogens with two attached hydrogens (primary N) is 1. The number of nitrogens with zero attached hydrogens (tertiary/aromatic N) is 3. The fourth-order valence-corrected chi connectivity index (χ4v) is 1.30. The molecule has 6 heteroatoms. The Morgan fingerprint density at radius 3 is 2.31 bits per heavy atom. The van der Waals surface area contributed by atoms with Crippen LogP contribution >= 0.6 is 0 Å². The van der Waals surface area contributed by atoms with Gasteiger partial charge in [0.15, 0.2) is 0 Å². The van der Waals surface area contributed by atoms with Crippen LogP contribution in [0.2, 0.25) is 0 Å². The first-order valence-electron chi connectivity index (χ1n) is 4.65. The van der Waals surface area contributed by atoms with Gasteiger partial charge in [-0.25, -0.2) is 0 Å². The fourth-order valence-electron chi connectivity index (χ4n) is 1.30. The van der Waals surface area contributed by atoms with Crippen LogP contribution in [0.4, 0.5) is 5.95 Å².